The molecule has 0 radical (unpaired) electrons. The molecule has 4 rings (SSSR count). The van der Waals surface area contributed by atoms with E-state index in [4.69, 9.17) is 14.2 Å². The Balaban J connectivity index is 1.71. The smallest absolute Gasteiger partial charge is 0.456 e. The van der Waals surface area contributed by atoms with Crippen molar-refractivity contribution in [3.8, 4) is 0 Å². The largest absolute Gasteiger partial charge is 0.513 e. The van der Waals surface area contributed by atoms with E-state index in [1.807, 2.05) is 49.4 Å². The minimum absolute atomic E-state index is 0.172. The summed E-state index contributed by atoms with van der Waals surface area (Å²) in [6.45, 7) is 5.50. The van der Waals surface area contributed by atoms with Crippen molar-refractivity contribution in [3.05, 3.63) is 88.5 Å². The maximum atomic E-state index is 12.7. The second kappa shape index (κ2) is 9.53. The maximum absolute atomic E-state index is 12.7. The summed E-state index contributed by atoms with van der Waals surface area (Å²) in [5.74, 6) is 0.139. The van der Waals surface area contributed by atoms with E-state index in [-0.39, 0.29) is 12.7 Å². The molecule has 0 bridgehead atoms. The average molecular weight is 452 g/mol. The van der Waals surface area contributed by atoms with Gasteiger partial charge in [-0.2, -0.15) is 0 Å². The van der Waals surface area contributed by atoms with E-state index in [1.165, 1.54) is 5.56 Å². The van der Waals surface area contributed by atoms with Crippen LogP contribution in [0.4, 0.5) is 4.79 Å². The van der Waals surface area contributed by atoms with Crippen molar-refractivity contribution in [2.75, 3.05) is 6.61 Å². The summed E-state index contributed by atoms with van der Waals surface area (Å²) in [6, 6.07) is 18.0. The SMILES string of the molecule is CC1=C(OC(=O)OC(C)C)C(c2ccccc2SCc2ccccc2)C2=C(COC2=O)N1. The molecule has 2 heterocycles. The number of dihydropyridines is 1. The number of carbonyl (C=O) groups is 2. The number of allylic oxidation sites excluding steroid dienone is 2. The first kappa shape index (κ1) is 22.0. The normalized spacial score (nSPS) is 17.8. The molecule has 166 valence electrons. The minimum atomic E-state index is -0.800. The lowest BCUT2D eigenvalue weighted by Gasteiger charge is -2.29. The Labute approximate surface area is 191 Å². The number of hydrogen-bond acceptors (Lipinski definition) is 7. The van der Waals surface area contributed by atoms with Gasteiger partial charge in [0.05, 0.1) is 29.0 Å². The standard InChI is InChI=1S/C25H25NO5S/c1-15(2)30-25(28)31-23-16(3)26-19-13-29-24(27)22(19)21(23)18-11-7-8-12-20(18)32-14-17-9-5-4-6-10-17/h4-12,15,21,26H,13-14H2,1-3H3. The lowest BCUT2D eigenvalue weighted by atomic mass is 9.85. The number of rotatable bonds is 6. The first-order valence-electron chi connectivity index (χ1n) is 10.5. The first-order valence-corrected chi connectivity index (χ1v) is 11.4. The van der Waals surface area contributed by atoms with Crippen molar-refractivity contribution in [2.45, 2.75) is 43.4 Å². The molecule has 1 atom stereocenters. The Morgan fingerprint density at radius 1 is 1.16 bits per heavy atom. The highest BCUT2D eigenvalue weighted by Crippen LogP contribution is 2.44. The zero-order valence-electron chi connectivity index (χ0n) is 18.2. The van der Waals surface area contributed by atoms with Crippen molar-refractivity contribution < 1.29 is 23.8 Å². The molecule has 6 nitrogen and oxygen atoms in total. The molecule has 0 aromatic heterocycles. The Morgan fingerprint density at radius 2 is 1.88 bits per heavy atom. The van der Waals surface area contributed by atoms with Crippen LogP contribution < -0.4 is 5.32 Å². The summed E-state index contributed by atoms with van der Waals surface area (Å²) in [5.41, 5.74) is 3.89. The molecular weight excluding hydrogens is 426 g/mol. The van der Waals surface area contributed by atoms with Gasteiger partial charge < -0.3 is 19.5 Å². The molecule has 2 aromatic carbocycles. The van der Waals surface area contributed by atoms with Gasteiger partial charge in [-0.3, -0.25) is 0 Å². The molecule has 0 saturated carbocycles. The summed E-state index contributed by atoms with van der Waals surface area (Å²) >= 11 is 1.67. The quantitative estimate of drug-likeness (QED) is 0.474. The molecule has 1 unspecified atom stereocenters. The van der Waals surface area contributed by atoms with Crippen LogP contribution >= 0.6 is 11.8 Å². The van der Waals surface area contributed by atoms with Crippen LogP contribution in [0.2, 0.25) is 0 Å². The summed E-state index contributed by atoms with van der Waals surface area (Å²) in [7, 11) is 0. The number of esters is 1. The van der Waals surface area contributed by atoms with E-state index in [2.05, 4.69) is 17.4 Å². The monoisotopic (exact) mass is 451 g/mol. The summed E-state index contributed by atoms with van der Waals surface area (Å²) in [4.78, 5) is 26.0. The molecule has 0 saturated heterocycles. The fourth-order valence-electron chi connectivity index (χ4n) is 3.77. The highest BCUT2D eigenvalue weighted by atomic mass is 32.2. The minimum Gasteiger partial charge on any atom is -0.456 e. The molecule has 2 aromatic rings. The molecule has 0 amide bonds. The molecule has 0 fully saturated rings. The van der Waals surface area contributed by atoms with Crippen LogP contribution in [0.25, 0.3) is 0 Å². The zero-order valence-corrected chi connectivity index (χ0v) is 19.0. The molecule has 0 aliphatic carbocycles. The zero-order chi connectivity index (χ0) is 22.7. The number of carbonyl (C=O) groups excluding carboxylic acids is 2. The van der Waals surface area contributed by atoms with Crippen LogP contribution in [0, 0.1) is 0 Å². The molecule has 0 spiro atoms. The fraction of sp³-hybridized carbons (Fsp3) is 0.280. The molecule has 7 heteroatoms. The molecule has 2 aliphatic heterocycles. The summed E-state index contributed by atoms with van der Waals surface area (Å²) in [5, 5.41) is 3.17. The summed E-state index contributed by atoms with van der Waals surface area (Å²) in [6.07, 6.45) is -1.12. The third-order valence-electron chi connectivity index (χ3n) is 5.14. The van der Waals surface area contributed by atoms with E-state index >= 15 is 0 Å². The first-order chi connectivity index (χ1) is 15.4. The average Bonchev–Trinajstić information content (AvgIpc) is 3.13. The van der Waals surface area contributed by atoms with Crippen LogP contribution in [0.1, 0.15) is 37.8 Å². The van der Waals surface area contributed by atoms with Crippen LogP contribution in [-0.2, 0) is 24.8 Å². The molecule has 32 heavy (non-hydrogen) atoms. The lowest BCUT2D eigenvalue weighted by molar-refractivity contribution is -0.136. The number of nitrogens with one attached hydrogen (secondary N) is 1. The highest BCUT2D eigenvalue weighted by Gasteiger charge is 2.42. The number of hydrogen-bond donors (Lipinski definition) is 1. The van der Waals surface area contributed by atoms with Gasteiger partial charge in [0.25, 0.3) is 0 Å². The maximum Gasteiger partial charge on any atom is 0.513 e. The van der Waals surface area contributed by atoms with Crippen LogP contribution in [-0.4, -0.2) is 24.8 Å². The van der Waals surface area contributed by atoms with Crippen LogP contribution in [0.15, 0.2) is 82.2 Å². The predicted molar refractivity (Wildman–Crippen MR) is 122 cm³/mol. The van der Waals surface area contributed by atoms with Gasteiger partial charge in [0.1, 0.15) is 12.4 Å². The third kappa shape index (κ3) is 4.67. The van der Waals surface area contributed by atoms with Gasteiger partial charge in [0, 0.05) is 10.6 Å². The molecular formula is C25H25NO5S. The van der Waals surface area contributed by atoms with E-state index < -0.39 is 18.0 Å². The second-order valence-electron chi connectivity index (χ2n) is 7.85. The lowest BCUT2D eigenvalue weighted by Crippen LogP contribution is -2.29. The van der Waals surface area contributed by atoms with Crippen molar-refractivity contribution in [2.24, 2.45) is 0 Å². The van der Waals surface area contributed by atoms with Gasteiger partial charge in [-0.1, -0.05) is 48.5 Å². The van der Waals surface area contributed by atoms with E-state index in [1.54, 1.807) is 25.6 Å². The molecule has 2 aliphatic rings. The van der Waals surface area contributed by atoms with Crippen molar-refractivity contribution in [3.63, 3.8) is 0 Å². The van der Waals surface area contributed by atoms with E-state index in [0.717, 1.165) is 16.2 Å². The van der Waals surface area contributed by atoms with Gasteiger partial charge in [-0.25, -0.2) is 9.59 Å². The van der Waals surface area contributed by atoms with Gasteiger partial charge in [-0.15, -0.1) is 11.8 Å². The van der Waals surface area contributed by atoms with Crippen molar-refractivity contribution in [1.82, 2.24) is 5.32 Å². The van der Waals surface area contributed by atoms with Crippen LogP contribution in [0.5, 0.6) is 0 Å². The van der Waals surface area contributed by atoms with Gasteiger partial charge in [0.15, 0.2) is 0 Å². The molecule has 1 N–H and O–H groups in total. The Morgan fingerprint density at radius 3 is 2.62 bits per heavy atom. The third-order valence-corrected chi connectivity index (χ3v) is 6.30. The second-order valence-corrected chi connectivity index (χ2v) is 8.86. The Bertz CT molecular complexity index is 1090. The topological polar surface area (TPSA) is 73.9 Å². The highest BCUT2D eigenvalue weighted by molar-refractivity contribution is 7.98. The number of thioether (sulfide) groups is 1. The van der Waals surface area contributed by atoms with Gasteiger partial charge in [0.2, 0.25) is 0 Å². The van der Waals surface area contributed by atoms with E-state index in [0.29, 0.717) is 22.7 Å². The van der Waals surface area contributed by atoms with Crippen molar-refractivity contribution >= 4 is 23.9 Å². The number of benzene rings is 2. The van der Waals surface area contributed by atoms with E-state index in [9.17, 15) is 9.59 Å². The Hall–Kier alpha value is -3.19. The Kier molecular flexibility index (Phi) is 6.55. The van der Waals surface area contributed by atoms with Crippen molar-refractivity contribution in [1.29, 1.82) is 0 Å². The number of cyclic esters (lactones) is 1. The fourth-order valence-corrected chi connectivity index (χ4v) is 4.81. The van der Waals surface area contributed by atoms with Crippen LogP contribution in [0.3, 0.4) is 0 Å². The summed E-state index contributed by atoms with van der Waals surface area (Å²) < 4.78 is 16.2. The predicted octanol–water partition coefficient (Wildman–Crippen LogP) is 5.27. The number of ether oxygens (including phenoxy) is 3. The van der Waals surface area contributed by atoms with Gasteiger partial charge >= 0.3 is 12.1 Å². The van der Waals surface area contributed by atoms with Gasteiger partial charge in [-0.05, 0) is 38.0 Å².